The molecule has 1 unspecified atom stereocenters. The van der Waals surface area contributed by atoms with E-state index in [4.69, 9.17) is 0 Å². The lowest BCUT2D eigenvalue weighted by molar-refractivity contribution is 0.536. The summed E-state index contributed by atoms with van der Waals surface area (Å²) < 4.78 is 14.5. The molecule has 3 nitrogen and oxygen atoms in total. The Kier molecular flexibility index (Phi) is 4.40. The average molecular weight is 265 g/mol. The monoisotopic (exact) mass is 265 g/mol. The summed E-state index contributed by atoms with van der Waals surface area (Å²) in [4.78, 5) is 6.20. The second-order valence-corrected chi connectivity index (χ2v) is 5.83. The number of nitrogens with one attached hydrogen (secondary N) is 1. The van der Waals surface area contributed by atoms with Gasteiger partial charge in [-0.25, -0.2) is 9.37 Å². The van der Waals surface area contributed by atoms with Crippen LogP contribution in [0.2, 0.25) is 0 Å². The second kappa shape index (κ2) is 5.87. The SMILES string of the molecule is CC(C)NCc1ccnc(N(C)C(C)C2CC2)c1F. The van der Waals surface area contributed by atoms with Crippen molar-refractivity contribution in [3.8, 4) is 0 Å². The first-order chi connectivity index (χ1) is 9.00. The molecule has 1 fully saturated rings. The molecule has 1 aromatic heterocycles. The number of hydrogen-bond acceptors (Lipinski definition) is 3. The van der Waals surface area contributed by atoms with Crippen molar-refractivity contribution < 1.29 is 4.39 Å². The quantitative estimate of drug-likeness (QED) is 0.857. The van der Waals surface area contributed by atoms with Crippen LogP contribution in [0.4, 0.5) is 10.2 Å². The van der Waals surface area contributed by atoms with E-state index in [1.165, 1.54) is 12.8 Å². The summed E-state index contributed by atoms with van der Waals surface area (Å²) >= 11 is 0. The molecule has 19 heavy (non-hydrogen) atoms. The highest BCUT2D eigenvalue weighted by molar-refractivity contribution is 5.43. The molecular formula is C15H24FN3. The maximum atomic E-state index is 14.5. The molecule has 1 heterocycles. The van der Waals surface area contributed by atoms with E-state index < -0.39 is 0 Å². The number of hydrogen-bond donors (Lipinski definition) is 1. The third kappa shape index (κ3) is 3.44. The molecule has 0 aliphatic heterocycles. The first kappa shape index (κ1) is 14.3. The minimum Gasteiger partial charge on any atom is -0.354 e. The van der Waals surface area contributed by atoms with Gasteiger partial charge in [0.05, 0.1) is 0 Å². The molecule has 1 aliphatic carbocycles. The topological polar surface area (TPSA) is 28.2 Å². The maximum absolute atomic E-state index is 14.5. The lowest BCUT2D eigenvalue weighted by Crippen LogP contribution is -2.32. The van der Waals surface area contributed by atoms with Gasteiger partial charge < -0.3 is 10.2 Å². The van der Waals surface area contributed by atoms with Crippen LogP contribution in [-0.4, -0.2) is 24.1 Å². The molecule has 0 spiro atoms. The number of rotatable bonds is 6. The van der Waals surface area contributed by atoms with E-state index in [0.717, 1.165) is 0 Å². The van der Waals surface area contributed by atoms with Gasteiger partial charge in [-0.15, -0.1) is 0 Å². The molecule has 106 valence electrons. The molecule has 0 radical (unpaired) electrons. The van der Waals surface area contributed by atoms with Gasteiger partial charge in [0.2, 0.25) is 0 Å². The van der Waals surface area contributed by atoms with Crippen LogP contribution in [0.15, 0.2) is 12.3 Å². The number of pyridine rings is 1. The van der Waals surface area contributed by atoms with Gasteiger partial charge in [-0.3, -0.25) is 0 Å². The van der Waals surface area contributed by atoms with Crippen molar-refractivity contribution in [2.45, 2.75) is 52.2 Å². The smallest absolute Gasteiger partial charge is 0.170 e. The Balaban J connectivity index is 2.13. The molecule has 1 atom stereocenters. The minimum absolute atomic E-state index is 0.189. The molecule has 0 saturated heterocycles. The highest BCUT2D eigenvalue weighted by Gasteiger charge is 2.32. The van der Waals surface area contributed by atoms with Crippen LogP contribution >= 0.6 is 0 Å². The van der Waals surface area contributed by atoms with Crippen molar-refractivity contribution in [1.29, 1.82) is 0 Å². The Bertz CT molecular complexity index is 429. The summed E-state index contributed by atoms with van der Waals surface area (Å²) in [7, 11) is 1.94. The van der Waals surface area contributed by atoms with Crippen LogP contribution in [0, 0.1) is 11.7 Å². The summed E-state index contributed by atoms with van der Waals surface area (Å²) in [5.74, 6) is 0.983. The van der Waals surface area contributed by atoms with Crippen LogP contribution in [-0.2, 0) is 6.54 Å². The number of nitrogens with zero attached hydrogens (tertiary/aromatic N) is 2. The van der Waals surface area contributed by atoms with Gasteiger partial charge in [-0.1, -0.05) is 13.8 Å². The van der Waals surface area contributed by atoms with E-state index >= 15 is 0 Å². The Hall–Kier alpha value is -1.16. The Morgan fingerprint density at radius 2 is 2.11 bits per heavy atom. The molecule has 1 N–H and O–H groups in total. The van der Waals surface area contributed by atoms with Crippen molar-refractivity contribution >= 4 is 5.82 Å². The minimum atomic E-state index is -0.189. The van der Waals surface area contributed by atoms with Gasteiger partial charge in [0, 0.05) is 37.4 Å². The van der Waals surface area contributed by atoms with Crippen molar-refractivity contribution in [3.05, 3.63) is 23.6 Å². The molecule has 0 aromatic carbocycles. The summed E-state index contributed by atoms with van der Waals surface area (Å²) in [5, 5.41) is 3.25. The van der Waals surface area contributed by atoms with Crippen LogP contribution in [0.3, 0.4) is 0 Å². The first-order valence-electron chi connectivity index (χ1n) is 7.10. The number of anilines is 1. The number of halogens is 1. The molecule has 0 bridgehead atoms. The van der Waals surface area contributed by atoms with Gasteiger partial charge in [-0.05, 0) is 31.7 Å². The zero-order chi connectivity index (χ0) is 14.0. The summed E-state index contributed by atoms with van der Waals surface area (Å²) in [6.07, 6.45) is 4.20. The highest BCUT2D eigenvalue weighted by atomic mass is 19.1. The van der Waals surface area contributed by atoms with E-state index in [9.17, 15) is 4.39 Å². The van der Waals surface area contributed by atoms with Gasteiger partial charge in [0.25, 0.3) is 0 Å². The molecular weight excluding hydrogens is 241 g/mol. The van der Waals surface area contributed by atoms with Crippen molar-refractivity contribution in [1.82, 2.24) is 10.3 Å². The van der Waals surface area contributed by atoms with Crippen molar-refractivity contribution in [2.24, 2.45) is 5.92 Å². The fourth-order valence-electron chi connectivity index (χ4n) is 2.26. The number of aromatic nitrogens is 1. The van der Waals surface area contributed by atoms with Crippen molar-refractivity contribution in [2.75, 3.05) is 11.9 Å². The molecule has 0 amide bonds. The molecule has 2 rings (SSSR count). The van der Waals surface area contributed by atoms with E-state index in [1.807, 2.05) is 11.9 Å². The van der Waals surface area contributed by atoms with Gasteiger partial charge in [-0.2, -0.15) is 0 Å². The Labute approximate surface area is 115 Å². The highest BCUT2D eigenvalue weighted by Crippen LogP contribution is 2.36. The standard InChI is InChI=1S/C15H24FN3/c1-10(2)18-9-13-7-8-17-15(14(13)16)19(4)11(3)12-5-6-12/h7-8,10-12,18H,5-6,9H2,1-4H3. The third-order valence-corrected chi connectivity index (χ3v) is 3.90. The fourth-order valence-corrected chi connectivity index (χ4v) is 2.26. The normalized spacial score (nSPS) is 16.7. The van der Waals surface area contributed by atoms with Crippen LogP contribution < -0.4 is 10.2 Å². The van der Waals surface area contributed by atoms with Crippen LogP contribution in [0.1, 0.15) is 39.2 Å². The molecule has 1 saturated carbocycles. The zero-order valence-corrected chi connectivity index (χ0v) is 12.3. The largest absolute Gasteiger partial charge is 0.354 e. The first-order valence-corrected chi connectivity index (χ1v) is 7.10. The summed E-state index contributed by atoms with van der Waals surface area (Å²) in [6.45, 7) is 6.81. The average Bonchev–Trinajstić information content (AvgIpc) is 3.20. The lowest BCUT2D eigenvalue weighted by Gasteiger charge is -2.26. The predicted molar refractivity (Wildman–Crippen MR) is 76.8 cm³/mol. The zero-order valence-electron chi connectivity index (χ0n) is 12.3. The van der Waals surface area contributed by atoms with E-state index in [1.54, 1.807) is 12.3 Å². The van der Waals surface area contributed by atoms with E-state index in [2.05, 4.69) is 31.1 Å². The molecule has 1 aliphatic rings. The van der Waals surface area contributed by atoms with Crippen LogP contribution in [0.25, 0.3) is 0 Å². The molecule has 1 aromatic rings. The third-order valence-electron chi connectivity index (χ3n) is 3.90. The van der Waals surface area contributed by atoms with Gasteiger partial charge >= 0.3 is 0 Å². The predicted octanol–water partition coefficient (Wildman–Crippen LogP) is 2.95. The van der Waals surface area contributed by atoms with Gasteiger partial charge in [0.15, 0.2) is 11.6 Å². The van der Waals surface area contributed by atoms with Crippen LogP contribution in [0.5, 0.6) is 0 Å². The van der Waals surface area contributed by atoms with E-state index in [0.29, 0.717) is 35.9 Å². The Morgan fingerprint density at radius 1 is 1.42 bits per heavy atom. The summed E-state index contributed by atoms with van der Waals surface area (Å²) in [5.41, 5.74) is 0.688. The van der Waals surface area contributed by atoms with Crippen molar-refractivity contribution in [3.63, 3.8) is 0 Å². The lowest BCUT2D eigenvalue weighted by atomic mass is 10.1. The maximum Gasteiger partial charge on any atom is 0.170 e. The second-order valence-electron chi connectivity index (χ2n) is 5.83. The van der Waals surface area contributed by atoms with Gasteiger partial charge in [0.1, 0.15) is 0 Å². The Morgan fingerprint density at radius 3 is 2.68 bits per heavy atom. The molecule has 4 heteroatoms. The van der Waals surface area contributed by atoms with E-state index in [-0.39, 0.29) is 5.82 Å². The summed E-state index contributed by atoms with van der Waals surface area (Å²) in [6, 6.07) is 2.46. The fraction of sp³-hybridized carbons (Fsp3) is 0.667.